The quantitative estimate of drug-likeness (QED) is 0.824. The normalized spacial score (nSPS) is 17.2. The SMILES string of the molecule is O=C(NCC(F)(F)F)C1CCCN1C(=O)c1csc(-c2ccc(Cl)cc2)n1. The van der Waals surface area contributed by atoms with Gasteiger partial charge in [0, 0.05) is 22.5 Å². The monoisotopic (exact) mass is 417 g/mol. The molecular weight excluding hydrogens is 403 g/mol. The van der Waals surface area contributed by atoms with E-state index in [0.717, 1.165) is 5.56 Å². The van der Waals surface area contributed by atoms with Crippen molar-refractivity contribution in [3.05, 3.63) is 40.4 Å². The molecule has 3 rings (SSSR count). The van der Waals surface area contributed by atoms with Gasteiger partial charge in [-0.15, -0.1) is 11.3 Å². The van der Waals surface area contributed by atoms with Crippen LogP contribution in [0.2, 0.25) is 5.02 Å². The van der Waals surface area contributed by atoms with E-state index in [9.17, 15) is 22.8 Å². The molecule has 0 saturated carbocycles. The lowest BCUT2D eigenvalue weighted by atomic mass is 10.2. The number of nitrogens with one attached hydrogen (secondary N) is 1. The fourth-order valence-corrected chi connectivity index (χ4v) is 3.76. The number of hydrogen-bond donors (Lipinski definition) is 1. The van der Waals surface area contributed by atoms with Crippen molar-refractivity contribution in [2.75, 3.05) is 13.1 Å². The molecule has 0 aliphatic carbocycles. The van der Waals surface area contributed by atoms with Gasteiger partial charge in [-0.2, -0.15) is 13.2 Å². The highest BCUT2D eigenvalue weighted by Crippen LogP contribution is 2.27. The maximum atomic E-state index is 12.7. The highest BCUT2D eigenvalue weighted by atomic mass is 35.5. The highest BCUT2D eigenvalue weighted by Gasteiger charge is 2.37. The van der Waals surface area contributed by atoms with Gasteiger partial charge in [-0.25, -0.2) is 4.98 Å². The number of alkyl halides is 3. The Bertz CT molecular complexity index is 839. The molecule has 0 radical (unpaired) electrons. The number of amides is 2. The minimum Gasteiger partial charge on any atom is -0.345 e. The van der Waals surface area contributed by atoms with E-state index in [1.165, 1.54) is 16.2 Å². The summed E-state index contributed by atoms with van der Waals surface area (Å²) in [5.41, 5.74) is 0.963. The summed E-state index contributed by atoms with van der Waals surface area (Å²) in [6.45, 7) is -1.11. The molecule has 0 bridgehead atoms. The van der Waals surface area contributed by atoms with Crippen molar-refractivity contribution in [1.29, 1.82) is 0 Å². The Balaban J connectivity index is 1.71. The van der Waals surface area contributed by atoms with Crippen LogP contribution in [0.5, 0.6) is 0 Å². The summed E-state index contributed by atoms with van der Waals surface area (Å²) < 4.78 is 36.9. The summed E-state index contributed by atoms with van der Waals surface area (Å²) >= 11 is 7.12. The molecule has 2 aromatic rings. The first-order chi connectivity index (χ1) is 12.7. The van der Waals surface area contributed by atoms with Crippen molar-refractivity contribution in [1.82, 2.24) is 15.2 Å². The zero-order valence-electron chi connectivity index (χ0n) is 13.9. The van der Waals surface area contributed by atoms with Crippen LogP contribution in [0.4, 0.5) is 13.2 Å². The molecule has 1 aromatic heterocycles. The van der Waals surface area contributed by atoms with Gasteiger partial charge in [0.15, 0.2) is 0 Å². The van der Waals surface area contributed by atoms with Gasteiger partial charge in [0.05, 0.1) is 0 Å². The Morgan fingerprint density at radius 2 is 2.00 bits per heavy atom. The van der Waals surface area contributed by atoms with E-state index in [1.807, 2.05) is 5.32 Å². The Morgan fingerprint density at radius 1 is 1.30 bits per heavy atom. The lowest BCUT2D eigenvalue weighted by Gasteiger charge is -2.23. The molecule has 1 N–H and O–H groups in total. The Kier molecular flexibility index (Phi) is 5.71. The predicted octanol–water partition coefficient (Wildman–Crippen LogP) is 3.75. The first kappa shape index (κ1) is 19.6. The third-order valence-corrected chi connectivity index (χ3v) is 5.24. The molecule has 5 nitrogen and oxygen atoms in total. The number of likely N-dealkylation sites (tertiary alicyclic amines) is 1. The third-order valence-electron chi connectivity index (χ3n) is 4.09. The zero-order valence-corrected chi connectivity index (χ0v) is 15.5. The van der Waals surface area contributed by atoms with Crippen LogP contribution in [0.1, 0.15) is 23.3 Å². The molecule has 1 unspecified atom stereocenters. The van der Waals surface area contributed by atoms with Crippen molar-refractivity contribution in [3.63, 3.8) is 0 Å². The van der Waals surface area contributed by atoms with E-state index >= 15 is 0 Å². The first-order valence-corrected chi connectivity index (χ1v) is 9.37. The number of rotatable bonds is 4. The predicted molar refractivity (Wildman–Crippen MR) is 95.7 cm³/mol. The summed E-state index contributed by atoms with van der Waals surface area (Å²) in [5, 5.41) is 4.63. The second kappa shape index (κ2) is 7.85. The molecule has 2 heterocycles. The average Bonchev–Trinajstić information content (AvgIpc) is 3.28. The van der Waals surface area contributed by atoms with Gasteiger partial charge in [0.2, 0.25) is 5.91 Å². The number of aromatic nitrogens is 1. The molecule has 144 valence electrons. The fraction of sp³-hybridized carbons (Fsp3) is 0.353. The maximum Gasteiger partial charge on any atom is 0.405 e. The van der Waals surface area contributed by atoms with Gasteiger partial charge in [-0.05, 0) is 25.0 Å². The van der Waals surface area contributed by atoms with Crippen LogP contribution in [0.3, 0.4) is 0 Å². The maximum absolute atomic E-state index is 12.7. The minimum absolute atomic E-state index is 0.167. The van der Waals surface area contributed by atoms with Crippen LogP contribution in [0, 0.1) is 0 Å². The average molecular weight is 418 g/mol. The Hall–Kier alpha value is -2.13. The first-order valence-electron chi connectivity index (χ1n) is 8.11. The summed E-state index contributed by atoms with van der Waals surface area (Å²) in [6, 6.07) is 6.06. The van der Waals surface area contributed by atoms with Gasteiger partial charge >= 0.3 is 6.18 Å². The smallest absolute Gasteiger partial charge is 0.345 e. The van der Waals surface area contributed by atoms with Gasteiger partial charge in [0.1, 0.15) is 23.3 Å². The standard InChI is InChI=1S/C17H15ClF3N3O2S/c18-11-5-3-10(4-6-11)15-23-12(8-27-15)16(26)24-7-1-2-13(24)14(25)22-9-17(19,20)21/h3-6,8,13H,1-2,7,9H2,(H,22,25). The molecule has 1 saturated heterocycles. The van der Waals surface area contributed by atoms with Gasteiger partial charge < -0.3 is 10.2 Å². The van der Waals surface area contributed by atoms with Crippen molar-refractivity contribution in [2.45, 2.75) is 25.1 Å². The number of halogens is 4. The topological polar surface area (TPSA) is 62.3 Å². The number of hydrogen-bond acceptors (Lipinski definition) is 4. The van der Waals surface area contributed by atoms with E-state index in [-0.39, 0.29) is 5.69 Å². The molecule has 2 amide bonds. The van der Waals surface area contributed by atoms with Crippen LogP contribution in [-0.4, -0.2) is 47.0 Å². The molecule has 1 aliphatic rings. The van der Waals surface area contributed by atoms with Crippen LogP contribution in [0.25, 0.3) is 10.6 Å². The highest BCUT2D eigenvalue weighted by molar-refractivity contribution is 7.13. The van der Waals surface area contributed by atoms with E-state index in [2.05, 4.69) is 4.98 Å². The van der Waals surface area contributed by atoms with E-state index < -0.39 is 30.6 Å². The second-order valence-electron chi connectivity index (χ2n) is 6.03. The van der Waals surface area contributed by atoms with Crippen LogP contribution >= 0.6 is 22.9 Å². The summed E-state index contributed by atoms with van der Waals surface area (Å²) in [6.07, 6.45) is -3.63. The molecule has 27 heavy (non-hydrogen) atoms. The Morgan fingerprint density at radius 3 is 2.67 bits per heavy atom. The molecule has 1 atom stereocenters. The number of benzene rings is 1. The summed E-state index contributed by atoms with van der Waals surface area (Å²) in [5.74, 6) is -1.26. The molecule has 1 fully saturated rings. The number of thiazole rings is 1. The van der Waals surface area contributed by atoms with Crippen molar-refractivity contribution < 1.29 is 22.8 Å². The Labute approximate surface area is 162 Å². The summed E-state index contributed by atoms with van der Waals surface area (Å²) in [4.78, 5) is 30.4. The molecular formula is C17H15ClF3N3O2S. The number of carbonyl (C=O) groups excluding carboxylic acids is 2. The lowest BCUT2D eigenvalue weighted by Crippen LogP contribution is -2.48. The van der Waals surface area contributed by atoms with Gasteiger partial charge in [-0.1, -0.05) is 23.7 Å². The van der Waals surface area contributed by atoms with Crippen molar-refractivity contribution in [2.24, 2.45) is 0 Å². The van der Waals surface area contributed by atoms with Crippen LogP contribution in [0.15, 0.2) is 29.6 Å². The molecule has 10 heteroatoms. The molecule has 0 spiro atoms. The second-order valence-corrected chi connectivity index (χ2v) is 7.33. The zero-order chi connectivity index (χ0) is 19.6. The largest absolute Gasteiger partial charge is 0.405 e. The van der Waals surface area contributed by atoms with Crippen LogP contribution < -0.4 is 5.32 Å². The third kappa shape index (κ3) is 4.78. The van der Waals surface area contributed by atoms with Gasteiger partial charge in [-0.3, -0.25) is 9.59 Å². The van der Waals surface area contributed by atoms with E-state index in [4.69, 9.17) is 11.6 Å². The molecule has 1 aliphatic heterocycles. The van der Waals surface area contributed by atoms with Crippen molar-refractivity contribution in [3.8, 4) is 10.6 Å². The molecule has 1 aromatic carbocycles. The minimum atomic E-state index is -4.49. The number of carbonyl (C=O) groups is 2. The van der Waals surface area contributed by atoms with E-state index in [0.29, 0.717) is 29.4 Å². The van der Waals surface area contributed by atoms with E-state index in [1.54, 1.807) is 29.6 Å². The fourth-order valence-electron chi connectivity index (χ4n) is 2.83. The van der Waals surface area contributed by atoms with Gasteiger partial charge in [0.25, 0.3) is 5.91 Å². The van der Waals surface area contributed by atoms with Crippen LogP contribution in [-0.2, 0) is 4.79 Å². The lowest BCUT2D eigenvalue weighted by molar-refractivity contribution is -0.140. The number of nitrogens with zero attached hydrogens (tertiary/aromatic N) is 2. The summed E-state index contributed by atoms with van der Waals surface area (Å²) in [7, 11) is 0. The van der Waals surface area contributed by atoms with Crippen molar-refractivity contribution >= 4 is 34.8 Å².